The van der Waals surface area contributed by atoms with Crippen LogP contribution in [0, 0.1) is 6.92 Å². The van der Waals surface area contributed by atoms with E-state index in [1.165, 1.54) is 6.08 Å². The van der Waals surface area contributed by atoms with E-state index in [0.29, 0.717) is 54.2 Å². The highest BCUT2D eigenvalue weighted by molar-refractivity contribution is 5.91. The molecule has 0 saturated heterocycles. The molecule has 3 aromatic heterocycles. The first-order chi connectivity index (χ1) is 17.5. The van der Waals surface area contributed by atoms with Crippen molar-refractivity contribution in [2.45, 2.75) is 40.3 Å². The Morgan fingerprint density at radius 3 is 2.94 bits per heavy atom. The smallest absolute Gasteiger partial charge is 0.246 e. The molecule has 5 rings (SSSR count). The monoisotopic (exact) mass is 486 g/mol. The van der Waals surface area contributed by atoms with Crippen LogP contribution >= 0.6 is 0 Å². The highest BCUT2D eigenvalue weighted by atomic mass is 16.5. The second kappa shape index (κ2) is 10.0. The third-order valence-electron chi connectivity index (χ3n) is 6.17. The number of fused-ring (bicyclic) bond motifs is 1. The van der Waals surface area contributed by atoms with E-state index in [1.807, 2.05) is 39.0 Å². The van der Waals surface area contributed by atoms with E-state index in [-0.39, 0.29) is 12.5 Å². The highest BCUT2D eigenvalue weighted by Gasteiger charge is 2.23. The van der Waals surface area contributed by atoms with Crippen molar-refractivity contribution >= 4 is 17.6 Å². The zero-order valence-electron chi connectivity index (χ0n) is 20.3. The summed E-state index contributed by atoms with van der Waals surface area (Å²) in [5.41, 5.74) is 4.51. The predicted octanol–water partition coefficient (Wildman–Crippen LogP) is 4.36. The van der Waals surface area contributed by atoms with Crippen molar-refractivity contribution in [1.82, 2.24) is 30.5 Å². The van der Waals surface area contributed by atoms with Crippen LogP contribution in [0.3, 0.4) is 0 Å². The molecule has 1 aliphatic heterocycles. The van der Waals surface area contributed by atoms with Crippen molar-refractivity contribution in [2.24, 2.45) is 0 Å². The number of allylic oxidation sites excluding steroid dienone is 2. The Labute approximate surface area is 207 Å². The third kappa shape index (κ3) is 4.83. The van der Waals surface area contributed by atoms with Gasteiger partial charge in [0.1, 0.15) is 29.6 Å². The molecule has 0 saturated carbocycles. The third-order valence-corrected chi connectivity index (χ3v) is 6.17. The van der Waals surface area contributed by atoms with Crippen LogP contribution in [0.2, 0.25) is 0 Å². The van der Waals surface area contributed by atoms with Crippen LogP contribution in [0.15, 0.2) is 51.5 Å². The van der Waals surface area contributed by atoms with Crippen LogP contribution in [-0.2, 0) is 24.4 Å². The minimum Gasteiger partial charge on any atom is -0.486 e. The maximum Gasteiger partial charge on any atom is 0.246 e. The van der Waals surface area contributed by atoms with Gasteiger partial charge >= 0.3 is 0 Å². The fourth-order valence-corrected chi connectivity index (χ4v) is 3.99. The lowest BCUT2D eigenvalue weighted by molar-refractivity contribution is -0.126. The minimum atomic E-state index is -0.0770. The number of aromatic amines is 1. The number of ether oxygens (including phenoxy) is 1. The molecule has 4 aromatic rings. The number of H-pyrrole nitrogens is 1. The molecule has 0 unspecified atom stereocenters. The van der Waals surface area contributed by atoms with Crippen molar-refractivity contribution < 1.29 is 18.4 Å². The summed E-state index contributed by atoms with van der Waals surface area (Å²) in [5, 5.41) is 14.5. The Kier molecular flexibility index (Phi) is 6.48. The molecule has 1 aliphatic rings. The average molecular weight is 487 g/mol. The van der Waals surface area contributed by atoms with Gasteiger partial charge in [0.15, 0.2) is 0 Å². The number of furan rings is 1. The SMILES string of the molecule is C/C=C(/C)c1nc(COc2cc3c(cc2-c2nn[nH]n2)CCN(C(=O)/C=C/c2ccco2)C3)c(C)o1. The molecular weight excluding hydrogens is 460 g/mol. The summed E-state index contributed by atoms with van der Waals surface area (Å²) < 4.78 is 17.3. The molecule has 1 aromatic carbocycles. The van der Waals surface area contributed by atoms with Gasteiger partial charge < -0.3 is 18.5 Å². The molecule has 1 amide bonds. The van der Waals surface area contributed by atoms with Gasteiger partial charge in [0.05, 0.1) is 11.8 Å². The number of aryl methyl sites for hydroxylation is 1. The number of aromatic nitrogens is 5. The van der Waals surface area contributed by atoms with Gasteiger partial charge in [-0.1, -0.05) is 6.08 Å². The minimum absolute atomic E-state index is 0.0770. The van der Waals surface area contributed by atoms with Gasteiger partial charge in [-0.25, -0.2) is 4.98 Å². The van der Waals surface area contributed by atoms with Crippen LogP contribution in [0.1, 0.15) is 48.1 Å². The summed E-state index contributed by atoms with van der Waals surface area (Å²) >= 11 is 0. The second-order valence-corrected chi connectivity index (χ2v) is 8.49. The van der Waals surface area contributed by atoms with Crippen molar-refractivity contribution in [1.29, 1.82) is 0 Å². The largest absolute Gasteiger partial charge is 0.486 e. The summed E-state index contributed by atoms with van der Waals surface area (Å²) in [7, 11) is 0. The van der Waals surface area contributed by atoms with Gasteiger partial charge in [0.25, 0.3) is 0 Å². The fourth-order valence-electron chi connectivity index (χ4n) is 3.99. The zero-order valence-corrected chi connectivity index (χ0v) is 20.3. The molecular formula is C26H26N6O4. The molecule has 0 bridgehead atoms. The summed E-state index contributed by atoms with van der Waals surface area (Å²) in [4.78, 5) is 19.2. The molecule has 184 valence electrons. The molecule has 1 N–H and O–H groups in total. The lowest BCUT2D eigenvalue weighted by Crippen LogP contribution is -2.34. The van der Waals surface area contributed by atoms with Crippen LogP contribution < -0.4 is 4.74 Å². The van der Waals surface area contributed by atoms with Crippen molar-refractivity contribution in [3.05, 3.63) is 76.9 Å². The first-order valence-electron chi connectivity index (χ1n) is 11.6. The van der Waals surface area contributed by atoms with Gasteiger partial charge in [0, 0.05) is 24.7 Å². The van der Waals surface area contributed by atoms with E-state index in [1.54, 1.807) is 29.4 Å². The molecule has 4 heterocycles. The molecule has 36 heavy (non-hydrogen) atoms. The Bertz CT molecular complexity index is 1420. The van der Waals surface area contributed by atoms with Crippen LogP contribution in [0.4, 0.5) is 0 Å². The number of oxazole rings is 1. The molecule has 10 heteroatoms. The van der Waals surface area contributed by atoms with Gasteiger partial charge in [0.2, 0.25) is 17.6 Å². The Hall–Kier alpha value is -4.47. The summed E-state index contributed by atoms with van der Waals surface area (Å²) in [6.45, 7) is 7.04. The zero-order chi connectivity index (χ0) is 25.1. The summed E-state index contributed by atoms with van der Waals surface area (Å²) in [6.07, 6.45) is 7.44. The molecule has 0 radical (unpaired) electrons. The predicted molar refractivity (Wildman–Crippen MR) is 131 cm³/mol. The maximum absolute atomic E-state index is 12.8. The summed E-state index contributed by atoms with van der Waals surface area (Å²) in [6, 6.07) is 7.55. The van der Waals surface area contributed by atoms with Crippen LogP contribution in [-0.4, -0.2) is 43.0 Å². The lowest BCUT2D eigenvalue weighted by atomic mass is 9.96. The number of hydrogen-bond acceptors (Lipinski definition) is 8. The van der Waals surface area contributed by atoms with E-state index in [9.17, 15) is 4.79 Å². The summed E-state index contributed by atoms with van der Waals surface area (Å²) in [5.74, 6) is 2.86. The van der Waals surface area contributed by atoms with E-state index >= 15 is 0 Å². The topological polar surface area (TPSA) is 123 Å². The van der Waals surface area contributed by atoms with Crippen LogP contribution in [0.25, 0.3) is 23.0 Å². The highest BCUT2D eigenvalue weighted by Crippen LogP contribution is 2.34. The first-order valence-corrected chi connectivity index (χ1v) is 11.6. The lowest BCUT2D eigenvalue weighted by Gasteiger charge is -2.29. The number of nitrogens with zero attached hydrogens (tertiary/aromatic N) is 5. The number of benzene rings is 1. The second-order valence-electron chi connectivity index (χ2n) is 8.49. The number of carbonyl (C=O) groups is 1. The van der Waals surface area contributed by atoms with Gasteiger partial charge in [-0.3, -0.25) is 4.79 Å². The normalized spacial score (nSPS) is 13.9. The van der Waals surface area contributed by atoms with Gasteiger partial charge in [-0.15, -0.1) is 10.2 Å². The van der Waals surface area contributed by atoms with E-state index in [2.05, 4.69) is 25.6 Å². The number of rotatable bonds is 7. The van der Waals surface area contributed by atoms with Crippen molar-refractivity contribution in [2.75, 3.05) is 6.54 Å². The Balaban J connectivity index is 1.39. The average Bonchev–Trinajstić information content (AvgIpc) is 3.67. The van der Waals surface area contributed by atoms with Crippen molar-refractivity contribution in [3.63, 3.8) is 0 Å². The quantitative estimate of drug-likeness (QED) is 0.382. The fraction of sp³-hybridized carbons (Fsp3) is 0.269. The molecule has 0 spiro atoms. The van der Waals surface area contributed by atoms with Gasteiger partial charge in [-0.2, -0.15) is 5.21 Å². The number of amides is 1. The molecule has 10 nitrogen and oxygen atoms in total. The Morgan fingerprint density at radius 2 is 2.19 bits per heavy atom. The molecule has 0 aliphatic carbocycles. The van der Waals surface area contributed by atoms with E-state index < -0.39 is 0 Å². The first kappa shape index (κ1) is 23.3. The number of nitrogens with one attached hydrogen (secondary N) is 1. The number of tetrazole rings is 1. The van der Waals surface area contributed by atoms with Gasteiger partial charge in [-0.05, 0) is 73.9 Å². The number of hydrogen-bond donors (Lipinski definition) is 1. The molecule has 0 atom stereocenters. The van der Waals surface area contributed by atoms with E-state index in [0.717, 1.165) is 22.3 Å². The number of carbonyl (C=O) groups excluding carboxylic acids is 1. The van der Waals surface area contributed by atoms with E-state index in [4.69, 9.17) is 13.6 Å². The van der Waals surface area contributed by atoms with Crippen molar-refractivity contribution in [3.8, 4) is 17.1 Å². The Morgan fingerprint density at radius 1 is 1.31 bits per heavy atom. The van der Waals surface area contributed by atoms with Crippen LogP contribution in [0.5, 0.6) is 5.75 Å². The standard InChI is InChI=1S/C26H26N6O4/c1-4-16(2)26-27-22(17(3)36-26)15-35-23-13-19-14-32(24(33)8-7-20-6-5-11-34-20)10-9-18(19)12-21(23)25-28-30-31-29-25/h4-8,11-13H,9-10,14-15H2,1-3H3,(H,28,29,30,31)/b8-7+,16-4-. The molecule has 0 fully saturated rings. The maximum atomic E-state index is 12.8.